The lowest BCUT2D eigenvalue weighted by Gasteiger charge is -2.24. The molecule has 5 rings (SSSR count). The summed E-state index contributed by atoms with van der Waals surface area (Å²) in [5.41, 5.74) is 4.90. The summed E-state index contributed by atoms with van der Waals surface area (Å²) in [4.78, 5) is 19.9. The number of carbonyl (C=O) groups excluding carboxylic acids is 1. The van der Waals surface area contributed by atoms with Gasteiger partial charge in [0.15, 0.2) is 5.82 Å². The molecular formula is C24H26N4O3. The van der Waals surface area contributed by atoms with Crippen molar-refractivity contribution in [2.45, 2.75) is 45.1 Å². The first kappa shape index (κ1) is 19.8. The van der Waals surface area contributed by atoms with E-state index in [9.17, 15) is 4.79 Å². The maximum atomic E-state index is 13.4. The van der Waals surface area contributed by atoms with Crippen LogP contribution in [0.5, 0.6) is 0 Å². The summed E-state index contributed by atoms with van der Waals surface area (Å²) in [6, 6.07) is 13.5. The first-order chi connectivity index (χ1) is 15.1. The Morgan fingerprint density at radius 1 is 1.13 bits per heavy atom. The van der Waals surface area contributed by atoms with E-state index < -0.39 is 0 Å². The molecule has 3 heterocycles. The third kappa shape index (κ3) is 3.81. The van der Waals surface area contributed by atoms with Crippen molar-refractivity contribution in [2.75, 3.05) is 23.4 Å². The molecule has 1 aromatic heterocycles. The van der Waals surface area contributed by atoms with Crippen LogP contribution in [-0.2, 0) is 11.2 Å². The molecule has 1 fully saturated rings. The van der Waals surface area contributed by atoms with Crippen molar-refractivity contribution in [1.82, 2.24) is 10.1 Å². The van der Waals surface area contributed by atoms with Gasteiger partial charge in [-0.15, -0.1) is 0 Å². The number of aromatic nitrogens is 2. The van der Waals surface area contributed by atoms with Crippen molar-refractivity contribution >= 4 is 17.4 Å². The highest BCUT2D eigenvalue weighted by Crippen LogP contribution is 2.40. The summed E-state index contributed by atoms with van der Waals surface area (Å²) in [5.74, 6) is 1.41. The normalized spacial score (nSPS) is 18.8. The van der Waals surface area contributed by atoms with Crippen LogP contribution in [0.2, 0.25) is 0 Å². The van der Waals surface area contributed by atoms with Gasteiger partial charge in [0.1, 0.15) is 6.04 Å². The van der Waals surface area contributed by atoms with Gasteiger partial charge >= 0.3 is 6.03 Å². The van der Waals surface area contributed by atoms with Crippen molar-refractivity contribution < 1.29 is 14.1 Å². The maximum Gasteiger partial charge on any atom is 0.327 e. The Morgan fingerprint density at radius 2 is 1.94 bits per heavy atom. The molecule has 0 spiro atoms. The van der Waals surface area contributed by atoms with E-state index in [4.69, 9.17) is 14.2 Å². The molecular weight excluding hydrogens is 392 g/mol. The molecule has 1 saturated heterocycles. The predicted molar refractivity (Wildman–Crippen MR) is 117 cm³/mol. The fraction of sp³-hybridized carbons (Fsp3) is 0.375. The summed E-state index contributed by atoms with van der Waals surface area (Å²) in [5, 5.41) is 7.37. The fourth-order valence-corrected chi connectivity index (χ4v) is 4.38. The van der Waals surface area contributed by atoms with Gasteiger partial charge in [0.05, 0.1) is 0 Å². The van der Waals surface area contributed by atoms with Crippen LogP contribution in [0.1, 0.15) is 53.2 Å². The number of ether oxygens (including phenoxy) is 1. The van der Waals surface area contributed by atoms with Gasteiger partial charge in [-0.05, 0) is 55.5 Å². The van der Waals surface area contributed by atoms with Gasteiger partial charge in [-0.1, -0.05) is 35.5 Å². The molecule has 31 heavy (non-hydrogen) atoms. The zero-order chi connectivity index (χ0) is 21.4. The molecule has 0 aliphatic carbocycles. The first-order valence-corrected chi connectivity index (χ1v) is 10.8. The third-order valence-corrected chi connectivity index (χ3v) is 6.16. The van der Waals surface area contributed by atoms with Crippen LogP contribution in [0.3, 0.4) is 0 Å². The van der Waals surface area contributed by atoms with Gasteiger partial charge < -0.3 is 14.6 Å². The molecule has 2 aliphatic heterocycles. The standard InChI is InChI=1S/C24H26N4O3/c1-15-7-8-16(2)19(13-15)25-24(29)28-20-6-4-3-5-18(20)14-21(28)22-26-23(31-27-22)17-9-11-30-12-10-17/h3-8,13,17,21H,9-12,14H2,1-2H3,(H,25,29). The number of hydrogen-bond acceptors (Lipinski definition) is 5. The molecule has 2 aromatic carbocycles. The Labute approximate surface area is 181 Å². The molecule has 0 radical (unpaired) electrons. The average Bonchev–Trinajstić information content (AvgIpc) is 3.42. The Balaban J connectivity index is 1.45. The number of anilines is 2. The molecule has 0 bridgehead atoms. The summed E-state index contributed by atoms with van der Waals surface area (Å²) in [6.45, 7) is 5.42. The second-order valence-electron chi connectivity index (χ2n) is 8.34. The highest BCUT2D eigenvalue weighted by atomic mass is 16.5. The fourth-order valence-electron chi connectivity index (χ4n) is 4.38. The minimum absolute atomic E-state index is 0.193. The topological polar surface area (TPSA) is 80.5 Å². The Hall–Kier alpha value is -3.19. The number of nitrogens with one attached hydrogen (secondary N) is 1. The highest BCUT2D eigenvalue weighted by molar-refractivity contribution is 6.04. The van der Waals surface area contributed by atoms with E-state index in [1.54, 1.807) is 4.90 Å². The second-order valence-corrected chi connectivity index (χ2v) is 8.34. The molecule has 1 atom stereocenters. The van der Waals surface area contributed by atoms with E-state index in [2.05, 4.69) is 10.5 Å². The van der Waals surface area contributed by atoms with Gasteiger partial charge in [0, 0.05) is 36.9 Å². The molecule has 2 aliphatic rings. The van der Waals surface area contributed by atoms with Crippen LogP contribution in [-0.4, -0.2) is 29.4 Å². The number of rotatable bonds is 3. The van der Waals surface area contributed by atoms with Crippen LogP contribution >= 0.6 is 0 Å². The van der Waals surface area contributed by atoms with Gasteiger partial charge in [0.25, 0.3) is 0 Å². The van der Waals surface area contributed by atoms with Gasteiger partial charge in [-0.2, -0.15) is 4.98 Å². The number of hydrogen-bond donors (Lipinski definition) is 1. The molecule has 1 N–H and O–H groups in total. The van der Waals surface area contributed by atoms with E-state index in [0.717, 1.165) is 40.9 Å². The van der Waals surface area contributed by atoms with Crippen LogP contribution in [0.4, 0.5) is 16.2 Å². The van der Waals surface area contributed by atoms with Crippen molar-refractivity contribution in [1.29, 1.82) is 0 Å². The van der Waals surface area contributed by atoms with E-state index in [1.165, 1.54) is 0 Å². The van der Waals surface area contributed by atoms with Gasteiger partial charge in [0.2, 0.25) is 5.89 Å². The summed E-state index contributed by atoms with van der Waals surface area (Å²) in [6.07, 6.45) is 2.41. The minimum Gasteiger partial charge on any atom is -0.381 e. The Bertz CT molecular complexity index is 1100. The molecule has 160 valence electrons. The smallest absolute Gasteiger partial charge is 0.327 e. The molecule has 3 aromatic rings. The quantitative estimate of drug-likeness (QED) is 0.653. The van der Waals surface area contributed by atoms with Crippen molar-refractivity contribution in [3.63, 3.8) is 0 Å². The van der Waals surface area contributed by atoms with Crippen molar-refractivity contribution in [3.05, 3.63) is 70.9 Å². The largest absolute Gasteiger partial charge is 0.381 e. The number of para-hydroxylation sites is 1. The number of aryl methyl sites for hydroxylation is 2. The van der Waals surface area contributed by atoms with Crippen LogP contribution in [0, 0.1) is 13.8 Å². The lowest BCUT2D eigenvalue weighted by atomic mass is 10.0. The van der Waals surface area contributed by atoms with E-state index >= 15 is 0 Å². The molecule has 7 nitrogen and oxygen atoms in total. The highest BCUT2D eigenvalue weighted by Gasteiger charge is 2.38. The summed E-state index contributed by atoms with van der Waals surface area (Å²) >= 11 is 0. The number of urea groups is 1. The summed E-state index contributed by atoms with van der Waals surface area (Å²) < 4.78 is 11.1. The molecule has 0 saturated carbocycles. The number of carbonyl (C=O) groups is 1. The van der Waals surface area contributed by atoms with E-state index in [1.807, 2.05) is 56.3 Å². The number of nitrogens with zero attached hydrogens (tertiary/aromatic N) is 3. The third-order valence-electron chi connectivity index (χ3n) is 6.16. The molecule has 1 unspecified atom stereocenters. The lowest BCUT2D eigenvalue weighted by Crippen LogP contribution is -2.36. The molecule has 7 heteroatoms. The van der Waals surface area contributed by atoms with Gasteiger partial charge in [-0.3, -0.25) is 4.90 Å². The SMILES string of the molecule is Cc1ccc(C)c(NC(=O)N2c3ccccc3CC2c2noc(C3CCOCC3)n2)c1. The monoisotopic (exact) mass is 418 g/mol. The zero-order valence-electron chi connectivity index (χ0n) is 17.8. The zero-order valence-corrected chi connectivity index (χ0v) is 17.8. The van der Waals surface area contributed by atoms with Crippen LogP contribution < -0.4 is 10.2 Å². The molecule has 2 amide bonds. The van der Waals surface area contributed by atoms with E-state index in [0.29, 0.717) is 31.3 Å². The minimum atomic E-state index is -0.306. The van der Waals surface area contributed by atoms with E-state index in [-0.39, 0.29) is 18.0 Å². The lowest BCUT2D eigenvalue weighted by molar-refractivity contribution is 0.0778. The van der Waals surface area contributed by atoms with Crippen LogP contribution in [0.15, 0.2) is 47.0 Å². The maximum absolute atomic E-state index is 13.4. The number of amides is 2. The Morgan fingerprint density at radius 3 is 2.77 bits per heavy atom. The van der Waals surface area contributed by atoms with Gasteiger partial charge in [-0.25, -0.2) is 4.79 Å². The summed E-state index contributed by atoms with van der Waals surface area (Å²) in [7, 11) is 0. The van der Waals surface area contributed by atoms with Crippen LogP contribution in [0.25, 0.3) is 0 Å². The number of benzene rings is 2. The Kier molecular flexibility index (Phi) is 5.19. The predicted octanol–water partition coefficient (Wildman–Crippen LogP) is 4.92. The second kappa shape index (κ2) is 8.15. The van der Waals surface area contributed by atoms with Crippen molar-refractivity contribution in [2.24, 2.45) is 0 Å². The first-order valence-electron chi connectivity index (χ1n) is 10.8. The average molecular weight is 418 g/mol. The van der Waals surface area contributed by atoms with Crippen molar-refractivity contribution in [3.8, 4) is 0 Å². The number of fused-ring (bicyclic) bond motifs is 1.